The highest BCUT2D eigenvalue weighted by molar-refractivity contribution is 6.07. The molecule has 0 unspecified atom stereocenters. The molecule has 1 aromatic carbocycles. The molecule has 0 radical (unpaired) electrons. The molecule has 1 saturated heterocycles. The first-order valence-corrected chi connectivity index (χ1v) is 7.22. The second kappa shape index (κ2) is 5.32. The topological polar surface area (TPSA) is 87.7 Å². The fraction of sp³-hybridized carbons (Fsp3) is 0.400. The molecule has 0 aliphatic carbocycles. The number of benzene rings is 1. The summed E-state index contributed by atoms with van der Waals surface area (Å²) in [5, 5.41) is 5.79. The molecule has 3 amide bonds. The number of likely N-dealkylation sites (N-methyl/N-ethyl adjacent to an activating group) is 1. The number of likely N-dealkylation sites (tertiary alicyclic amines) is 1. The fourth-order valence-electron chi connectivity index (χ4n) is 2.63. The Morgan fingerprint density at radius 1 is 1.36 bits per heavy atom. The molecule has 2 atom stereocenters. The summed E-state index contributed by atoms with van der Waals surface area (Å²) in [6.45, 7) is 3.82. The van der Waals surface area contributed by atoms with Crippen LogP contribution in [0.25, 0.3) is 0 Å². The number of amides is 3. The summed E-state index contributed by atoms with van der Waals surface area (Å²) in [5.74, 6) is -0.0249. The van der Waals surface area contributed by atoms with Crippen LogP contribution in [0.2, 0.25) is 0 Å². The van der Waals surface area contributed by atoms with Gasteiger partial charge in [0.2, 0.25) is 5.91 Å². The molecular weight excluding hydrogens is 286 g/mol. The lowest BCUT2D eigenvalue weighted by Crippen LogP contribution is -2.35. The molecule has 3 rings (SSSR count). The van der Waals surface area contributed by atoms with E-state index in [2.05, 4.69) is 10.6 Å². The monoisotopic (exact) mass is 303 g/mol. The first-order chi connectivity index (χ1) is 10.5. The van der Waals surface area contributed by atoms with Gasteiger partial charge in [-0.25, -0.2) is 0 Å². The Morgan fingerprint density at radius 3 is 2.82 bits per heavy atom. The van der Waals surface area contributed by atoms with Gasteiger partial charge in [-0.1, -0.05) is 0 Å². The second-order valence-corrected chi connectivity index (χ2v) is 5.34. The Morgan fingerprint density at radius 2 is 2.14 bits per heavy atom. The Labute approximate surface area is 127 Å². The van der Waals surface area contributed by atoms with Crippen LogP contribution >= 0.6 is 0 Å². The predicted octanol–water partition coefficient (Wildman–Crippen LogP) is 0.965. The summed E-state index contributed by atoms with van der Waals surface area (Å²) in [4.78, 5) is 36.7. The molecule has 0 bridgehead atoms. The number of fused-ring (bicyclic) bond motifs is 1. The third-order valence-corrected chi connectivity index (χ3v) is 3.81. The Balaban J connectivity index is 1.77. The van der Waals surface area contributed by atoms with Gasteiger partial charge in [0, 0.05) is 12.2 Å². The van der Waals surface area contributed by atoms with E-state index in [4.69, 9.17) is 4.74 Å². The average Bonchev–Trinajstić information content (AvgIpc) is 2.74. The maximum Gasteiger partial charge on any atom is 0.265 e. The van der Waals surface area contributed by atoms with Crippen LogP contribution in [0.15, 0.2) is 18.2 Å². The second-order valence-electron chi connectivity index (χ2n) is 5.34. The normalized spacial score (nSPS) is 23.9. The van der Waals surface area contributed by atoms with Crippen LogP contribution in [-0.2, 0) is 14.4 Å². The van der Waals surface area contributed by atoms with Crippen molar-refractivity contribution < 1.29 is 19.1 Å². The van der Waals surface area contributed by atoms with E-state index in [1.54, 1.807) is 32.0 Å². The molecule has 2 aliphatic heterocycles. The number of nitrogens with one attached hydrogen (secondary N) is 2. The molecule has 0 spiro atoms. The number of nitrogens with zero attached hydrogens (tertiary/aromatic N) is 1. The van der Waals surface area contributed by atoms with Gasteiger partial charge < -0.3 is 15.4 Å². The summed E-state index contributed by atoms with van der Waals surface area (Å²) in [7, 11) is 0. The number of ether oxygens (including phenoxy) is 1. The van der Waals surface area contributed by atoms with E-state index in [1.165, 1.54) is 4.90 Å². The van der Waals surface area contributed by atoms with E-state index in [1.807, 2.05) is 0 Å². The number of anilines is 2. The van der Waals surface area contributed by atoms with E-state index in [9.17, 15) is 14.4 Å². The van der Waals surface area contributed by atoms with Crippen LogP contribution in [-0.4, -0.2) is 41.3 Å². The lowest BCUT2D eigenvalue weighted by Gasteiger charge is -2.24. The van der Waals surface area contributed by atoms with Crippen molar-refractivity contribution >= 4 is 29.1 Å². The number of imide groups is 1. The molecule has 7 nitrogen and oxygen atoms in total. The molecule has 2 N–H and O–H groups in total. The number of carbonyl (C=O) groups is 3. The molecule has 0 aromatic heterocycles. The highest BCUT2D eigenvalue weighted by atomic mass is 16.5. The smallest absolute Gasteiger partial charge is 0.265 e. The van der Waals surface area contributed by atoms with Crippen molar-refractivity contribution in [3.8, 4) is 5.75 Å². The van der Waals surface area contributed by atoms with Gasteiger partial charge in [-0.05, 0) is 32.0 Å². The third-order valence-electron chi connectivity index (χ3n) is 3.81. The van der Waals surface area contributed by atoms with Crippen LogP contribution < -0.4 is 15.4 Å². The standard InChI is InChI=1S/C15H17N3O4/c1-3-18-13(19)7-11(15(18)21)16-9-4-5-12-10(6-9)17-14(20)8(2)22-12/h4-6,8,11,16H,3,7H2,1-2H3,(H,17,20)/t8-,11+/m0/s1. The zero-order chi connectivity index (χ0) is 15.9. The van der Waals surface area contributed by atoms with Gasteiger partial charge in [0.25, 0.3) is 11.8 Å². The molecule has 0 saturated carbocycles. The predicted molar refractivity (Wildman–Crippen MR) is 79.6 cm³/mol. The van der Waals surface area contributed by atoms with E-state index in [0.29, 0.717) is 23.7 Å². The van der Waals surface area contributed by atoms with Gasteiger partial charge in [0.15, 0.2) is 6.10 Å². The van der Waals surface area contributed by atoms with Crippen LogP contribution in [0.5, 0.6) is 5.75 Å². The largest absolute Gasteiger partial charge is 0.479 e. The van der Waals surface area contributed by atoms with Gasteiger partial charge in [0.1, 0.15) is 11.8 Å². The summed E-state index contributed by atoms with van der Waals surface area (Å²) < 4.78 is 5.47. The molecule has 1 aromatic rings. The lowest BCUT2D eigenvalue weighted by atomic mass is 10.2. The van der Waals surface area contributed by atoms with E-state index < -0.39 is 12.1 Å². The zero-order valence-corrected chi connectivity index (χ0v) is 12.4. The first-order valence-electron chi connectivity index (χ1n) is 7.22. The Kier molecular flexibility index (Phi) is 3.48. The minimum absolute atomic E-state index is 0.143. The van der Waals surface area contributed by atoms with Gasteiger partial charge in [-0.3, -0.25) is 19.3 Å². The molecule has 1 fully saturated rings. The highest BCUT2D eigenvalue weighted by Gasteiger charge is 2.37. The SMILES string of the molecule is CCN1C(=O)C[C@@H](Nc2ccc3c(c2)NC(=O)[C@H](C)O3)C1=O. The summed E-state index contributed by atoms with van der Waals surface area (Å²) in [6, 6.07) is 4.62. The molecule has 2 heterocycles. The van der Waals surface area contributed by atoms with E-state index in [-0.39, 0.29) is 24.1 Å². The van der Waals surface area contributed by atoms with Crippen LogP contribution in [0, 0.1) is 0 Å². The van der Waals surface area contributed by atoms with Gasteiger partial charge in [-0.15, -0.1) is 0 Å². The number of hydrogen-bond donors (Lipinski definition) is 2. The number of hydrogen-bond acceptors (Lipinski definition) is 5. The summed E-state index contributed by atoms with van der Waals surface area (Å²) in [5.41, 5.74) is 1.21. The quantitative estimate of drug-likeness (QED) is 0.812. The molecule has 2 aliphatic rings. The Hall–Kier alpha value is -2.57. The molecule has 22 heavy (non-hydrogen) atoms. The zero-order valence-electron chi connectivity index (χ0n) is 12.4. The molecule has 116 valence electrons. The van der Waals surface area contributed by atoms with Crippen molar-refractivity contribution in [1.82, 2.24) is 4.90 Å². The van der Waals surface area contributed by atoms with Gasteiger partial charge in [-0.2, -0.15) is 0 Å². The van der Waals surface area contributed by atoms with Crippen molar-refractivity contribution in [2.75, 3.05) is 17.2 Å². The van der Waals surface area contributed by atoms with E-state index >= 15 is 0 Å². The van der Waals surface area contributed by atoms with Crippen LogP contribution in [0.3, 0.4) is 0 Å². The molecular formula is C15H17N3O4. The van der Waals surface area contributed by atoms with Crippen molar-refractivity contribution in [2.24, 2.45) is 0 Å². The summed E-state index contributed by atoms with van der Waals surface area (Å²) in [6.07, 6.45) is -0.387. The summed E-state index contributed by atoms with van der Waals surface area (Å²) >= 11 is 0. The maximum atomic E-state index is 12.1. The maximum absolute atomic E-state index is 12.1. The van der Waals surface area contributed by atoms with Gasteiger partial charge in [0.05, 0.1) is 12.1 Å². The van der Waals surface area contributed by atoms with Crippen LogP contribution in [0.1, 0.15) is 20.3 Å². The third kappa shape index (κ3) is 2.38. The number of rotatable bonds is 3. The van der Waals surface area contributed by atoms with Gasteiger partial charge >= 0.3 is 0 Å². The Bertz CT molecular complexity index is 658. The highest BCUT2D eigenvalue weighted by Crippen LogP contribution is 2.32. The minimum atomic E-state index is -0.565. The van der Waals surface area contributed by atoms with Crippen LogP contribution in [0.4, 0.5) is 11.4 Å². The minimum Gasteiger partial charge on any atom is -0.479 e. The van der Waals surface area contributed by atoms with Crippen molar-refractivity contribution in [1.29, 1.82) is 0 Å². The lowest BCUT2D eigenvalue weighted by molar-refractivity contribution is -0.138. The van der Waals surface area contributed by atoms with Crippen molar-refractivity contribution in [3.63, 3.8) is 0 Å². The average molecular weight is 303 g/mol. The number of carbonyl (C=O) groups excluding carboxylic acids is 3. The molecule has 7 heteroatoms. The first kappa shape index (κ1) is 14.4. The van der Waals surface area contributed by atoms with Crippen molar-refractivity contribution in [2.45, 2.75) is 32.4 Å². The van der Waals surface area contributed by atoms with E-state index in [0.717, 1.165) is 0 Å². The fourth-order valence-corrected chi connectivity index (χ4v) is 2.63. The van der Waals surface area contributed by atoms with Crippen molar-refractivity contribution in [3.05, 3.63) is 18.2 Å².